The normalized spacial score (nSPS) is 17.1. The van der Waals surface area contributed by atoms with Crippen LogP contribution in [0.25, 0.3) is 10.2 Å². The summed E-state index contributed by atoms with van der Waals surface area (Å²) in [6.07, 6.45) is 1.96. The molecule has 1 aliphatic rings. The van der Waals surface area contributed by atoms with Gasteiger partial charge in [-0.3, -0.25) is 9.69 Å². The van der Waals surface area contributed by atoms with Crippen LogP contribution < -0.4 is 4.90 Å². The highest BCUT2D eigenvalue weighted by molar-refractivity contribution is 7.22. The van der Waals surface area contributed by atoms with Crippen LogP contribution in [0.2, 0.25) is 8.67 Å². The van der Waals surface area contributed by atoms with Crippen LogP contribution in [-0.2, 0) is 4.74 Å². The minimum atomic E-state index is -0.190. The number of amides is 1. The number of fused-ring (bicyclic) bond motifs is 1. The Bertz CT molecular complexity index is 963. The van der Waals surface area contributed by atoms with Gasteiger partial charge in [-0.25, -0.2) is 4.98 Å². The van der Waals surface area contributed by atoms with E-state index in [0.29, 0.717) is 25.9 Å². The van der Waals surface area contributed by atoms with Crippen molar-refractivity contribution in [2.45, 2.75) is 25.9 Å². The molecule has 0 N–H and O–H groups in total. The molecule has 1 saturated heterocycles. The van der Waals surface area contributed by atoms with E-state index in [0.717, 1.165) is 35.2 Å². The van der Waals surface area contributed by atoms with Crippen LogP contribution in [0.15, 0.2) is 24.3 Å². The number of rotatable bonds is 4. The molecule has 1 fully saturated rings. The van der Waals surface area contributed by atoms with E-state index >= 15 is 0 Å². The lowest BCUT2D eigenvalue weighted by atomic mass is 10.2. The summed E-state index contributed by atoms with van der Waals surface area (Å²) in [6.45, 7) is 3.24. The molecule has 8 heteroatoms. The van der Waals surface area contributed by atoms with Crippen LogP contribution in [0.1, 0.15) is 28.8 Å². The third-order valence-electron chi connectivity index (χ3n) is 4.31. The Kier molecular flexibility index (Phi) is 5.21. The number of benzene rings is 1. The van der Waals surface area contributed by atoms with Crippen molar-refractivity contribution >= 4 is 67.1 Å². The van der Waals surface area contributed by atoms with Gasteiger partial charge in [0, 0.05) is 6.61 Å². The fourth-order valence-electron chi connectivity index (χ4n) is 3.01. The van der Waals surface area contributed by atoms with Gasteiger partial charge in [-0.1, -0.05) is 40.6 Å². The molecule has 0 saturated carbocycles. The lowest BCUT2D eigenvalue weighted by Gasteiger charge is -2.22. The Morgan fingerprint density at radius 3 is 2.88 bits per heavy atom. The fourth-order valence-corrected chi connectivity index (χ4v) is 5.53. The first kappa shape index (κ1) is 18.2. The number of carbonyl (C=O) groups excluding carboxylic acids is 1. The maximum Gasteiger partial charge on any atom is 0.262 e. The molecule has 1 atom stereocenters. The number of anilines is 1. The number of halogens is 2. The Balaban J connectivity index is 1.73. The van der Waals surface area contributed by atoms with E-state index in [2.05, 4.69) is 11.1 Å². The van der Waals surface area contributed by atoms with Crippen molar-refractivity contribution in [3.63, 3.8) is 0 Å². The highest BCUT2D eigenvalue weighted by atomic mass is 35.5. The molecule has 1 aromatic carbocycles. The number of aromatic nitrogens is 1. The topological polar surface area (TPSA) is 42.4 Å². The molecule has 136 valence electrons. The van der Waals surface area contributed by atoms with Crippen molar-refractivity contribution in [3.05, 3.63) is 44.1 Å². The monoisotopic (exact) mass is 426 g/mol. The maximum atomic E-state index is 13.2. The van der Waals surface area contributed by atoms with E-state index in [4.69, 9.17) is 27.9 Å². The van der Waals surface area contributed by atoms with Crippen LogP contribution in [0.4, 0.5) is 5.13 Å². The fraction of sp³-hybridized carbons (Fsp3) is 0.333. The number of aryl methyl sites for hydroxylation is 1. The van der Waals surface area contributed by atoms with Gasteiger partial charge in [0.2, 0.25) is 0 Å². The summed E-state index contributed by atoms with van der Waals surface area (Å²) in [4.78, 5) is 19.6. The van der Waals surface area contributed by atoms with Crippen molar-refractivity contribution in [1.29, 1.82) is 0 Å². The van der Waals surface area contributed by atoms with Crippen molar-refractivity contribution < 1.29 is 9.53 Å². The molecule has 1 unspecified atom stereocenters. The number of hydrogen-bond acceptors (Lipinski definition) is 5. The van der Waals surface area contributed by atoms with Gasteiger partial charge in [0.1, 0.15) is 4.34 Å². The molecular weight excluding hydrogens is 411 g/mol. The van der Waals surface area contributed by atoms with Crippen molar-refractivity contribution in [2.75, 3.05) is 18.1 Å². The van der Waals surface area contributed by atoms with Crippen LogP contribution in [0.3, 0.4) is 0 Å². The smallest absolute Gasteiger partial charge is 0.262 e. The lowest BCUT2D eigenvalue weighted by Crippen LogP contribution is -2.37. The van der Waals surface area contributed by atoms with Crippen molar-refractivity contribution in [1.82, 2.24) is 4.98 Å². The van der Waals surface area contributed by atoms with Gasteiger partial charge in [0.05, 0.1) is 32.8 Å². The Hall–Kier alpha value is -1.18. The zero-order valence-electron chi connectivity index (χ0n) is 14.0. The summed E-state index contributed by atoms with van der Waals surface area (Å²) < 4.78 is 7.69. The number of hydrogen-bond donors (Lipinski definition) is 0. The summed E-state index contributed by atoms with van der Waals surface area (Å²) in [5.74, 6) is -0.190. The maximum absolute atomic E-state index is 13.2. The zero-order chi connectivity index (χ0) is 18.3. The van der Waals surface area contributed by atoms with Crippen LogP contribution in [0.5, 0.6) is 0 Å². The predicted molar refractivity (Wildman–Crippen MR) is 109 cm³/mol. The molecule has 0 aliphatic carbocycles. The van der Waals surface area contributed by atoms with E-state index in [9.17, 15) is 4.79 Å². The molecule has 2 aromatic heterocycles. The standard InChI is InChI=1S/C18H16Cl2N2O2S2/c1-10-4-5-13-14(7-10)25-18(21-13)22(9-11-3-2-6-24-11)17(23)12-8-15(19)26-16(12)20/h4-5,7-8,11H,2-3,6,9H2,1H3. The third-order valence-corrected chi connectivity index (χ3v) is 6.83. The first-order chi connectivity index (χ1) is 12.5. The third kappa shape index (κ3) is 3.62. The van der Waals surface area contributed by atoms with Crippen LogP contribution in [0, 0.1) is 6.92 Å². The largest absolute Gasteiger partial charge is 0.376 e. The second-order valence-electron chi connectivity index (χ2n) is 6.26. The van der Waals surface area contributed by atoms with Gasteiger partial charge in [-0.05, 0) is 43.5 Å². The minimum Gasteiger partial charge on any atom is -0.376 e. The molecule has 26 heavy (non-hydrogen) atoms. The molecule has 4 nitrogen and oxygen atoms in total. The van der Waals surface area contributed by atoms with E-state index < -0.39 is 0 Å². The average Bonchev–Trinajstić information content (AvgIpc) is 3.31. The molecule has 3 heterocycles. The van der Waals surface area contributed by atoms with Crippen LogP contribution >= 0.6 is 45.9 Å². The van der Waals surface area contributed by atoms with Crippen LogP contribution in [-0.4, -0.2) is 30.1 Å². The number of thiazole rings is 1. The minimum absolute atomic E-state index is 0.0144. The predicted octanol–water partition coefficient (Wildman–Crippen LogP) is 5.80. The highest BCUT2D eigenvalue weighted by Crippen LogP contribution is 2.35. The van der Waals surface area contributed by atoms with E-state index in [-0.39, 0.29) is 12.0 Å². The van der Waals surface area contributed by atoms with Gasteiger partial charge in [-0.2, -0.15) is 0 Å². The molecule has 4 rings (SSSR count). The first-order valence-corrected chi connectivity index (χ1v) is 10.7. The molecular formula is C18H16Cl2N2O2S2. The second kappa shape index (κ2) is 7.44. The first-order valence-electron chi connectivity index (χ1n) is 8.27. The second-order valence-corrected chi connectivity index (χ2v) is 9.55. The zero-order valence-corrected chi connectivity index (χ0v) is 17.1. The summed E-state index contributed by atoms with van der Waals surface area (Å²) in [5, 5.41) is 0.657. The average molecular weight is 427 g/mol. The van der Waals surface area contributed by atoms with Gasteiger partial charge in [0.25, 0.3) is 5.91 Å². The summed E-state index contributed by atoms with van der Waals surface area (Å²) in [5.41, 5.74) is 2.46. The number of thiophene rings is 1. The molecule has 1 amide bonds. The van der Waals surface area contributed by atoms with E-state index in [1.54, 1.807) is 11.0 Å². The van der Waals surface area contributed by atoms with Gasteiger partial charge in [0.15, 0.2) is 5.13 Å². The lowest BCUT2D eigenvalue weighted by molar-refractivity contribution is 0.0918. The Morgan fingerprint density at radius 1 is 1.35 bits per heavy atom. The molecule has 3 aromatic rings. The highest BCUT2D eigenvalue weighted by Gasteiger charge is 2.29. The Labute approximate surface area is 169 Å². The van der Waals surface area contributed by atoms with E-state index in [1.165, 1.54) is 22.7 Å². The number of carbonyl (C=O) groups is 1. The SMILES string of the molecule is Cc1ccc2nc(N(CC3CCCO3)C(=O)c3cc(Cl)sc3Cl)sc2c1. The molecule has 1 aliphatic heterocycles. The number of ether oxygens (including phenoxy) is 1. The molecule has 0 spiro atoms. The number of nitrogens with zero attached hydrogens (tertiary/aromatic N) is 2. The quantitative estimate of drug-likeness (QED) is 0.529. The summed E-state index contributed by atoms with van der Waals surface area (Å²) in [7, 11) is 0. The molecule has 0 bridgehead atoms. The van der Waals surface area contributed by atoms with Crippen molar-refractivity contribution in [3.8, 4) is 0 Å². The van der Waals surface area contributed by atoms with Crippen molar-refractivity contribution in [2.24, 2.45) is 0 Å². The summed E-state index contributed by atoms with van der Waals surface area (Å²) in [6, 6.07) is 7.71. The van der Waals surface area contributed by atoms with Gasteiger partial charge >= 0.3 is 0 Å². The van der Waals surface area contributed by atoms with E-state index in [1.807, 2.05) is 19.1 Å². The summed E-state index contributed by atoms with van der Waals surface area (Å²) >= 11 is 15.0. The molecule has 0 radical (unpaired) electrons. The van der Waals surface area contributed by atoms with Gasteiger partial charge in [-0.15, -0.1) is 11.3 Å². The van der Waals surface area contributed by atoms with Gasteiger partial charge < -0.3 is 4.74 Å². The Morgan fingerprint density at radius 2 is 2.19 bits per heavy atom.